The summed E-state index contributed by atoms with van der Waals surface area (Å²) in [6.07, 6.45) is 10.8. The lowest BCUT2D eigenvalue weighted by Gasteiger charge is -2.37. The number of nitrogens with zero attached hydrogens (tertiary/aromatic N) is 5. The van der Waals surface area contributed by atoms with Crippen LogP contribution >= 0.6 is 0 Å². The van der Waals surface area contributed by atoms with Crippen LogP contribution in [0.4, 0.5) is 4.39 Å². The van der Waals surface area contributed by atoms with Crippen molar-refractivity contribution in [2.24, 2.45) is 5.92 Å². The van der Waals surface area contributed by atoms with Crippen LogP contribution in [0.15, 0.2) is 53.7 Å². The van der Waals surface area contributed by atoms with Crippen molar-refractivity contribution in [3.8, 4) is 22.6 Å². The van der Waals surface area contributed by atoms with Crippen LogP contribution in [0, 0.1) is 5.92 Å². The number of aromatic amines is 1. The number of likely N-dealkylation sites (tertiary alicyclic amines) is 1. The summed E-state index contributed by atoms with van der Waals surface area (Å²) >= 11 is 0. The molecule has 2 aliphatic rings. The Kier molecular flexibility index (Phi) is 5.83. The fourth-order valence-electron chi connectivity index (χ4n) is 5.36. The highest BCUT2D eigenvalue weighted by molar-refractivity contribution is 6.05. The summed E-state index contributed by atoms with van der Waals surface area (Å²) < 4.78 is 14.2. The van der Waals surface area contributed by atoms with E-state index in [1.807, 2.05) is 12.1 Å². The van der Waals surface area contributed by atoms with Gasteiger partial charge in [0.1, 0.15) is 17.0 Å². The van der Waals surface area contributed by atoms with Crippen molar-refractivity contribution < 1.29 is 9.18 Å². The maximum absolute atomic E-state index is 13.5. The number of fused-ring (bicyclic) bond motifs is 1. The molecule has 1 aliphatic carbocycles. The van der Waals surface area contributed by atoms with Crippen molar-refractivity contribution in [3.05, 3.63) is 70.4 Å². The van der Waals surface area contributed by atoms with Crippen molar-refractivity contribution in [2.45, 2.75) is 38.0 Å². The topological polar surface area (TPSA) is 96.2 Å². The van der Waals surface area contributed by atoms with Crippen LogP contribution in [0.1, 0.15) is 53.9 Å². The molecule has 2 fully saturated rings. The highest BCUT2D eigenvalue weighted by Crippen LogP contribution is 2.34. The van der Waals surface area contributed by atoms with E-state index in [2.05, 4.69) is 32.2 Å². The van der Waals surface area contributed by atoms with Gasteiger partial charge in [-0.15, -0.1) is 0 Å². The molecule has 1 aliphatic heterocycles. The summed E-state index contributed by atoms with van der Waals surface area (Å²) in [6.45, 7) is 0.200. The summed E-state index contributed by atoms with van der Waals surface area (Å²) in [5, 5.41) is 4.44. The van der Waals surface area contributed by atoms with E-state index in [-0.39, 0.29) is 28.6 Å². The highest BCUT2D eigenvalue weighted by Gasteiger charge is 2.35. The number of alkyl halides is 1. The van der Waals surface area contributed by atoms with Gasteiger partial charge in [-0.05, 0) is 29.9 Å². The lowest BCUT2D eigenvalue weighted by molar-refractivity contribution is 0.0455. The van der Waals surface area contributed by atoms with E-state index in [0.29, 0.717) is 36.0 Å². The van der Waals surface area contributed by atoms with Crippen LogP contribution in [-0.4, -0.2) is 55.1 Å². The Labute approximate surface area is 207 Å². The quantitative estimate of drug-likeness (QED) is 0.455. The lowest BCUT2D eigenvalue weighted by Crippen LogP contribution is -2.50. The fraction of sp³-hybridized carbons (Fsp3) is 0.370. The number of hydrogen-bond acceptors (Lipinski definition) is 5. The predicted molar refractivity (Wildman–Crippen MR) is 133 cm³/mol. The molecule has 8 nitrogen and oxygen atoms in total. The Bertz CT molecular complexity index is 1450. The standard InChI is InChI=1S/C27H27FN6O2/c28-13-17-15-33(16-17)27(36)24-25(22-14-29-10-11-30-22)32-34-23(35)12-21(31-26(24)34)20-8-6-19(7-9-20)18-4-2-1-3-5-18/h6-12,14,17-18,31H,1-5,13,15-16H2. The van der Waals surface area contributed by atoms with Crippen molar-refractivity contribution in [1.82, 2.24) is 29.5 Å². The second-order valence-electron chi connectivity index (χ2n) is 9.78. The van der Waals surface area contributed by atoms with E-state index in [1.165, 1.54) is 66.8 Å². The van der Waals surface area contributed by atoms with Crippen LogP contribution in [0.2, 0.25) is 0 Å². The first kappa shape index (κ1) is 22.6. The van der Waals surface area contributed by atoms with E-state index in [9.17, 15) is 14.0 Å². The molecule has 1 saturated carbocycles. The molecule has 4 aromatic rings. The minimum Gasteiger partial charge on any atom is -0.339 e. The molecule has 1 saturated heterocycles. The van der Waals surface area contributed by atoms with Gasteiger partial charge in [0.2, 0.25) is 0 Å². The van der Waals surface area contributed by atoms with Gasteiger partial charge in [0.25, 0.3) is 11.5 Å². The number of aromatic nitrogens is 5. The summed E-state index contributed by atoms with van der Waals surface area (Å²) in [6, 6.07) is 9.81. The molecule has 3 aromatic heterocycles. The van der Waals surface area contributed by atoms with Gasteiger partial charge in [-0.25, -0.2) is 0 Å². The van der Waals surface area contributed by atoms with Gasteiger partial charge in [-0.2, -0.15) is 9.61 Å². The van der Waals surface area contributed by atoms with Crippen molar-refractivity contribution in [3.63, 3.8) is 0 Å². The zero-order valence-electron chi connectivity index (χ0n) is 19.9. The first-order valence-corrected chi connectivity index (χ1v) is 12.5. The minimum atomic E-state index is -0.465. The SMILES string of the molecule is O=C(c1c(-c2cnccn2)nn2c(=O)cc(-c3ccc(C4CCCCC4)cc3)[nH]c12)N1CC(CF)C1. The number of carbonyl (C=O) groups is 1. The smallest absolute Gasteiger partial charge is 0.274 e. The molecule has 0 unspecified atom stereocenters. The molecule has 6 rings (SSSR count). The second-order valence-corrected chi connectivity index (χ2v) is 9.78. The van der Waals surface area contributed by atoms with Gasteiger partial charge in [-0.1, -0.05) is 43.5 Å². The molecule has 1 amide bonds. The molecule has 4 heterocycles. The van der Waals surface area contributed by atoms with Crippen LogP contribution in [-0.2, 0) is 0 Å². The second kappa shape index (κ2) is 9.29. The Morgan fingerprint density at radius 3 is 2.56 bits per heavy atom. The van der Waals surface area contributed by atoms with Crippen LogP contribution in [0.25, 0.3) is 28.3 Å². The third kappa shape index (κ3) is 3.98. The molecule has 36 heavy (non-hydrogen) atoms. The first-order chi connectivity index (χ1) is 17.6. The largest absolute Gasteiger partial charge is 0.339 e. The van der Waals surface area contributed by atoms with E-state index >= 15 is 0 Å². The molecular formula is C27H27FN6O2. The van der Waals surface area contributed by atoms with Crippen molar-refractivity contribution >= 4 is 11.6 Å². The van der Waals surface area contributed by atoms with Crippen molar-refractivity contribution in [2.75, 3.05) is 19.8 Å². The summed E-state index contributed by atoms with van der Waals surface area (Å²) in [4.78, 5) is 39.9. The van der Waals surface area contributed by atoms with E-state index < -0.39 is 6.67 Å². The minimum absolute atomic E-state index is 0.159. The Balaban J connectivity index is 1.43. The molecule has 0 bridgehead atoms. The van der Waals surface area contributed by atoms with Crippen LogP contribution in [0.5, 0.6) is 0 Å². The number of benzene rings is 1. The summed E-state index contributed by atoms with van der Waals surface area (Å²) in [5.41, 5.74) is 3.63. The van der Waals surface area contributed by atoms with Gasteiger partial charge in [0.05, 0.1) is 18.6 Å². The van der Waals surface area contributed by atoms with E-state index in [4.69, 9.17) is 0 Å². The van der Waals surface area contributed by atoms with E-state index in [1.54, 1.807) is 4.90 Å². The average molecular weight is 487 g/mol. The van der Waals surface area contributed by atoms with Gasteiger partial charge >= 0.3 is 0 Å². The molecule has 9 heteroatoms. The van der Waals surface area contributed by atoms with Gasteiger partial charge in [-0.3, -0.25) is 23.9 Å². The maximum atomic E-state index is 13.5. The zero-order chi connectivity index (χ0) is 24.6. The first-order valence-electron chi connectivity index (χ1n) is 12.5. The molecule has 1 N–H and O–H groups in total. The Morgan fingerprint density at radius 2 is 1.86 bits per heavy atom. The Morgan fingerprint density at radius 1 is 1.08 bits per heavy atom. The molecule has 0 spiro atoms. The number of H-pyrrole nitrogens is 1. The highest BCUT2D eigenvalue weighted by atomic mass is 19.1. The third-order valence-corrected chi connectivity index (χ3v) is 7.40. The van der Waals surface area contributed by atoms with Crippen LogP contribution in [0.3, 0.4) is 0 Å². The Hall–Kier alpha value is -3.88. The number of halogens is 1. The lowest BCUT2D eigenvalue weighted by atomic mass is 9.84. The molecular weight excluding hydrogens is 459 g/mol. The van der Waals surface area contributed by atoms with Gasteiger partial charge in [0.15, 0.2) is 5.65 Å². The van der Waals surface area contributed by atoms with E-state index in [0.717, 1.165) is 5.56 Å². The predicted octanol–water partition coefficient (Wildman–Crippen LogP) is 4.24. The number of amides is 1. The number of carbonyl (C=O) groups excluding carboxylic acids is 1. The van der Waals surface area contributed by atoms with Gasteiger partial charge in [0, 0.05) is 37.5 Å². The monoisotopic (exact) mass is 486 g/mol. The number of nitrogens with one attached hydrogen (secondary N) is 1. The number of hydrogen-bond donors (Lipinski definition) is 1. The summed E-state index contributed by atoms with van der Waals surface area (Å²) in [5.74, 6) is 0.122. The molecule has 0 radical (unpaired) electrons. The molecule has 0 atom stereocenters. The fourth-order valence-corrected chi connectivity index (χ4v) is 5.36. The summed E-state index contributed by atoms with van der Waals surface area (Å²) in [7, 11) is 0. The molecule has 1 aromatic carbocycles. The number of rotatable bonds is 5. The zero-order valence-corrected chi connectivity index (χ0v) is 19.9. The van der Waals surface area contributed by atoms with Crippen LogP contribution < -0.4 is 5.56 Å². The maximum Gasteiger partial charge on any atom is 0.274 e. The normalized spacial score (nSPS) is 16.9. The third-order valence-electron chi connectivity index (χ3n) is 7.40. The van der Waals surface area contributed by atoms with Gasteiger partial charge < -0.3 is 9.88 Å². The molecule has 184 valence electrons. The average Bonchev–Trinajstić information content (AvgIpc) is 3.29. The van der Waals surface area contributed by atoms with Crippen molar-refractivity contribution in [1.29, 1.82) is 0 Å².